The van der Waals surface area contributed by atoms with Gasteiger partial charge in [-0.05, 0) is 37.5 Å². The molecule has 1 heterocycles. The first-order valence-electron chi connectivity index (χ1n) is 5.25. The van der Waals surface area contributed by atoms with Crippen molar-refractivity contribution in [2.24, 2.45) is 11.8 Å². The lowest BCUT2D eigenvalue weighted by Gasteiger charge is -2.12. The number of fused-ring (bicyclic) bond motifs is 1. The minimum Gasteiger partial charge on any atom is -0.381 e. The molecular weight excluding hydrogens is 150 g/mol. The molecule has 3 aliphatic rings. The summed E-state index contributed by atoms with van der Waals surface area (Å²) in [6.07, 6.45) is 5.59. The molecule has 0 aromatic carbocycles. The first kappa shape index (κ1) is 7.34. The highest BCUT2D eigenvalue weighted by molar-refractivity contribution is 4.94. The van der Waals surface area contributed by atoms with Gasteiger partial charge in [0, 0.05) is 25.3 Å². The molecule has 68 valence electrons. The average Bonchev–Trinajstić information content (AvgIpc) is 2.56. The highest BCUT2D eigenvalue weighted by atomic mass is 16.5. The number of hydrogen-bond donors (Lipinski definition) is 1. The molecular formula is C10H17NO. The first-order valence-corrected chi connectivity index (χ1v) is 5.25. The standard InChI is InChI=1S/C10H17NO/c1-2-9(1)11-10-3-7-5-12-6-8(7)4-10/h7-11H,1-6H2. The topological polar surface area (TPSA) is 21.3 Å². The molecule has 0 radical (unpaired) electrons. The molecule has 2 atom stereocenters. The van der Waals surface area contributed by atoms with E-state index in [1.54, 1.807) is 0 Å². The van der Waals surface area contributed by atoms with Gasteiger partial charge in [-0.15, -0.1) is 0 Å². The highest BCUT2D eigenvalue weighted by Gasteiger charge is 2.39. The Bertz CT molecular complexity index is 167. The van der Waals surface area contributed by atoms with E-state index in [2.05, 4.69) is 5.32 Å². The summed E-state index contributed by atoms with van der Waals surface area (Å²) in [5.41, 5.74) is 0. The van der Waals surface area contributed by atoms with Crippen LogP contribution in [0.3, 0.4) is 0 Å². The van der Waals surface area contributed by atoms with E-state index in [4.69, 9.17) is 4.74 Å². The van der Waals surface area contributed by atoms with Crippen LogP contribution in [-0.4, -0.2) is 25.3 Å². The van der Waals surface area contributed by atoms with E-state index in [-0.39, 0.29) is 0 Å². The molecule has 2 heteroatoms. The zero-order valence-electron chi connectivity index (χ0n) is 7.46. The Morgan fingerprint density at radius 2 is 1.58 bits per heavy atom. The van der Waals surface area contributed by atoms with Gasteiger partial charge in [0.05, 0.1) is 0 Å². The van der Waals surface area contributed by atoms with Crippen LogP contribution in [0.15, 0.2) is 0 Å². The van der Waals surface area contributed by atoms with Gasteiger partial charge in [-0.3, -0.25) is 0 Å². The molecule has 0 amide bonds. The third kappa shape index (κ3) is 1.27. The van der Waals surface area contributed by atoms with Crippen molar-refractivity contribution in [1.82, 2.24) is 5.32 Å². The van der Waals surface area contributed by atoms with Crippen molar-refractivity contribution in [3.8, 4) is 0 Å². The fraction of sp³-hybridized carbons (Fsp3) is 1.00. The fourth-order valence-electron chi connectivity index (χ4n) is 2.71. The van der Waals surface area contributed by atoms with E-state index in [0.29, 0.717) is 0 Å². The van der Waals surface area contributed by atoms with Gasteiger partial charge in [0.2, 0.25) is 0 Å². The molecule has 3 rings (SSSR count). The van der Waals surface area contributed by atoms with Crippen LogP contribution < -0.4 is 5.32 Å². The largest absolute Gasteiger partial charge is 0.381 e. The van der Waals surface area contributed by atoms with E-state index in [9.17, 15) is 0 Å². The van der Waals surface area contributed by atoms with Crippen molar-refractivity contribution in [3.63, 3.8) is 0 Å². The summed E-state index contributed by atoms with van der Waals surface area (Å²) in [6, 6.07) is 1.71. The molecule has 2 saturated carbocycles. The maximum Gasteiger partial charge on any atom is 0.0498 e. The smallest absolute Gasteiger partial charge is 0.0498 e. The third-order valence-electron chi connectivity index (χ3n) is 3.55. The Morgan fingerprint density at radius 3 is 2.17 bits per heavy atom. The molecule has 2 nitrogen and oxygen atoms in total. The Labute approximate surface area is 73.7 Å². The molecule has 1 N–H and O–H groups in total. The van der Waals surface area contributed by atoms with Gasteiger partial charge in [-0.2, -0.15) is 0 Å². The van der Waals surface area contributed by atoms with Gasteiger partial charge < -0.3 is 10.1 Å². The second kappa shape index (κ2) is 2.71. The lowest BCUT2D eigenvalue weighted by atomic mass is 10.0. The lowest BCUT2D eigenvalue weighted by Crippen LogP contribution is -2.29. The Morgan fingerprint density at radius 1 is 0.917 bits per heavy atom. The van der Waals surface area contributed by atoms with Gasteiger partial charge in [-0.25, -0.2) is 0 Å². The Kier molecular flexibility index (Phi) is 1.66. The van der Waals surface area contributed by atoms with Crippen molar-refractivity contribution in [1.29, 1.82) is 0 Å². The van der Waals surface area contributed by atoms with Gasteiger partial charge >= 0.3 is 0 Å². The van der Waals surface area contributed by atoms with Crippen LogP contribution in [-0.2, 0) is 4.74 Å². The molecule has 2 aliphatic carbocycles. The van der Waals surface area contributed by atoms with E-state index < -0.39 is 0 Å². The summed E-state index contributed by atoms with van der Waals surface area (Å²) in [4.78, 5) is 0. The minimum atomic E-state index is 0.830. The van der Waals surface area contributed by atoms with Gasteiger partial charge in [0.25, 0.3) is 0 Å². The second-order valence-electron chi connectivity index (χ2n) is 4.67. The lowest BCUT2D eigenvalue weighted by molar-refractivity contribution is 0.169. The molecule has 12 heavy (non-hydrogen) atoms. The third-order valence-corrected chi connectivity index (χ3v) is 3.55. The van der Waals surface area contributed by atoms with Crippen LogP contribution >= 0.6 is 0 Å². The first-order chi connectivity index (χ1) is 5.92. The van der Waals surface area contributed by atoms with Crippen molar-refractivity contribution in [2.45, 2.75) is 37.8 Å². The average molecular weight is 167 g/mol. The minimum absolute atomic E-state index is 0.830. The van der Waals surface area contributed by atoms with Gasteiger partial charge in [-0.1, -0.05) is 0 Å². The summed E-state index contributed by atoms with van der Waals surface area (Å²) in [5, 5.41) is 3.73. The molecule has 2 unspecified atom stereocenters. The number of hydrogen-bond acceptors (Lipinski definition) is 2. The number of rotatable bonds is 2. The van der Waals surface area contributed by atoms with Crippen LogP contribution in [0, 0.1) is 11.8 Å². The van der Waals surface area contributed by atoms with E-state index >= 15 is 0 Å². The molecule has 0 aromatic rings. The van der Waals surface area contributed by atoms with Crippen LogP contribution in [0.4, 0.5) is 0 Å². The van der Waals surface area contributed by atoms with E-state index in [1.165, 1.54) is 25.7 Å². The zero-order valence-corrected chi connectivity index (χ0v) is 7.46. The predicted octanol–water partition coefficient (Wildman–Crippen LogP) is 1.16. The molecule has 0 bridgehead atoms. The summed E-state index contributed by atoms with van der Waals surface area (Å²) in [7, 11) is 0. The molecule has 1 saturated heterocycles. The van der Waals surface area contributed by atoms with Crippen molar-refractivity contribution in [2.75, 3.05) is 13.2 Å². The van der Waals surface area contributed by atoms with Crippen molar-refractivity contribution in [3.05, 3.63) is 0 Å². The van der Waals surface area contributed by atoms with Gasteiger partial charge in [0.15, 0.2) is 0 Å². The monoisotopic (exact) mass is 167 g/mol. The second-order valence-corrected chi connectivity index (χ2v) is 4.67. The maximum atomic E-state index is 5.45. The van der Waals surface area contributed by atoms with Crippen molar-refractivity contribution < 1.29 is 4.74 Å². The predicted molar refractivity (Wildman–Crippen MR) is 47.0 cm³/mol. The fourth-order valence-corrected chi connectivity index (χ4v) is 2.71. The maximum absolute atomic E-state index is 5.45. The van der Waals surface area contributed by atoms with Crippen LogP contribution in [0.1, 0.15) is 25.7 Å². The van der Waals surface area contributed by atoms with Crippen LogP contribution in [0.25, 0.3) is 0 Å². The summed E-state index contributed by atoms with van der Waals surface area (Å²) < 4.78 is 5.45. The molecule has 1 aliphatic heterocycles. The van der Waals surface area contributed by atoms with E-state index in [0.717, 1.165) is 37.1 Å². The molecule has 0 aromatic heterocycles. The van der Waals surface area contributed by atoms with Gasteiger partial charge in [0.1, 0.15) is 0 Å². The summed E-state index contributed by atoms with van der Waals surface area (Å²) in [5.74, 6) is 1.78. The zero-order chi connectivity index (χ0) is 7.97. The summed E-state index contributed by atoms with van der Waals surface area (Å²) in [6.45, 7) is 2.07. The number of nitrogens with one attached hydrogen (secondary N) is 1. The van der Waals surface area contributed by atoms with Crippen LogP contribution in [0.5, 0.6) is 0 Å². The Hall–Kier alpha value is -0.0800. The Balaban J connectivity index is 1.56. The highest BCUT2D eigenvalue weighted by Crippen LogP contribution is 2.37. The SMILES string of the molecule is C1CC1NC1CC2COCC2C1. The molecule has 0 spiro atoms. The van der Waals surface area contributed by atoms with Crippen LogP contribution in [0.2, 0.25) is 0 Å². The van der Waals surface area contributed by atoms with E-state index in [1.807, 2.05) is 0 Å². The quantitative estimate of drug-likeness (QED) is 0.666. The van der Waals surface area contributed by atoms with Crippen molar-refractivity contribution >= 4 is 0 Å². The normalized spacial score (nSPS) is 46.5. The molecule has 3 fully saturated rings. The summed E-state index contributed by atoms with van der Waals surface area (Å²) >= 11 is 0. The number of ether oxygens (including phenoxy) is 1.